The largest absolute Gasteiger partial charge is 0.502 e. The molecule has 4 heteroatoms. The summed E-state index contributed by atoms with van der Waals surface area (Å²) in [6.45, 7) is 1.42. The molecule has 3 nitrogen and oxygen atoms in total. The van der Waals surface area contributed by atoms with Crippen molar-refractivity contribution in [3.63, 3.8) is 0 Å². The van der Waals surface area contributed by atoms with E-state index in [2.05, 4.69) is 4.74 Å². The van der Waals surface area contributed by atoms with Gasteiger partial charge in [0.15, 0.2) is 17.3 Å². The topological polar surface area (TPSA) is 49.7 Å². The Morgan fingerprint density at radius 2 is 2.08 bits per heavy atom. The normalized spacial score (nSPS) is 12.6. The second-order valence-electron chi connectivity index (χ2n) is 2.70. The maximum atomic E-state index is 13.2. The lowest BCUT2D eigenvalue weighted by atomic mass is 10.1. The Kier molecular flexibility index (Phi) is 2.72. The first kappa shape index (κ1) is 9.80. The van der Waals surface area contributed by atoms with E-state index in [0.29, 0.717) is 0 Å². The molecular weight excluding hydrogens is 175 g/mol. The van der Waals surface area contributed by atoms with Gasteiger partial charge in [0, 0.05) is 5.56 Å². The number of benzene rings is 1. The van der Waals surface area contributed by atoms with E-state index >= 15 is 0 Å². The predicted octanol–water partition coefficient (Wildman–Crippen LogP) is 1.59. The van der Waals surface area contributed by atoms with Gasteiger partial charge in [-0.25, -0.2) is 4.39 Å². The fraction of sp³-hybridized carbons (Fsp3) is 0.333. The molecule has 13 heavy (non-hydrogen) atoms. The summed E-state index contributed by atoms with van der Waals surface area (Å²) in [5, 5.41) is 18.3. The zero-order valence-corrected chi connectivity index (χ0v) is 7.41. The maximum absolute atomic E-state index is 13.2. The van der Waals surface area contributed by atoms with Crippen molar-refractivity contribution in [1.29, 1.82) is 0 Å². The average Bonchev–Trinajstić information content (AvgIpc) is 2.09. The molecule has 0 saturated heterocycles. The monoisotopic (exact) mass is 186 g/mol. The van der Waals surface area contributed by atoms with Crippen LogP contribution in [0.5, 0.6) is 11.5 Å². The van der Waals surface area contributed by atoms with Crippen LogP contribution in [0, 0.1) is 5.82 Å². The second-order valence-corrected chi connectivity index (χ2v) is 2.70. The number of hydrogen-bond acceptors (Lipinski definition) is 3. The van der Waals surface area contributed by atoms with Gasteiger partial charge in [-0.15, -0.1) is 0 Å². The highest BCUT2D eigenvalue weighted by Gasteiger charge is 2.15. The first-order chi connectivity index (χ1) is 6.07. The van der Waals surface area contributed by atoms with Gasteiger partial charge in [0.25, 0.3) is 0 Å². The van der Waals surface area contributed by atoms with Crippen LogP contribution in [-0.4, -0.2) is 17.3 Å². The molecule has 1 aromatic rings. The zero-order valence-electron chi connectivity index (χ0n) is 7.41. The average molecular weight is 186 g/mol. The third-order valence-corrected chi connectivity index (χ3v) is 1.78. The quantitative estimate of drug-likeness (QED) is 0.737. The number of phenols is 1. The third kappa shape index (κ3) is 1.72. The smallest absolute Gasteiger partial charge is 0.194 e. The standard InChI is InChI=1S/C9H11FO3/c1-5(11)6-3-4-7(13-2)9(12)8(6)10/h3-5,11-12H,1-2H3. The molecule has 0 spiro atoms. The van der Waals surface area contributed by atoms with Crippen LogP contribution >= 0.6 is 0 Å². The van der Waals surface area contributed by atoms with Gasteiger partial charge < -0.3 is 14.9 Å². The summed E-state index contributed by atoms with van der Waals surface area (Å²) < 4.78 is 17.9. The Hall–Kier alpha value is -1.29. The number of aliphatic hydroxyl groups is 1. The minimum Gasteiger partial charge on any atom is -0.502 e. The van der Waals surface area contributed by atoms with Crippen LogP contribution in [0.4, 0.5) is 4.39 Å². The van der Waals surface area contributed by atoms with E-state index < -0.39 is 17.7 Å². The molecule has 0 radical (unpaired) electrons. The second kappa shape index (κ2) is 3.62. The van der Waals surface area contributed by atoms with Crippen molar-refractivity contribution in [3.05, 3.63) is 23.5 Å². The van der Waals surface area contributed by atoms with Crippen molar-refractivity contribution in [2.24, 2.45) is 0 Å². The van der Waals surface area contributed by atoms with Crippen LogP contribution in [0.2, 0.25) is 0 Å². The minimum atomic E-state index is -0.947. The van der Waals surface area contributed by atoms with E-state index in [1.165, 1.54) is 26.2 Å². The molecule has 0 aliphatic rings. The van der Waals surface area contributed by atoms with E-state index in [1.807, 2.05) is 0 Å². The first-order valence-electron chi connectivity index (χ1n) is 3.81. The van der Waals surface area contributed by atoms with Crippen molar-refractivity contribution in [2.75, 3.05) is 7.11 Å². The van der Waals surface area contributed by atoms with E-state index in [4.69, 9.17) is 5.11 Å². The highest BCUT2D eigenvalue weighted by Crippen LogP contribution is 2.32. The van der Waals surface area contributed by atoms with Gasteiger partial charge in [0.1, 0.15) is 0 Å². The van der Waals surface area contributed by atoms with Gasteiger partial charge in [0.05, 0.1) is 13.2 Å². The molecule has 1 unspecified atom stereocenters. The summed E-state index contributed by atoms with van der Waals surface area (Å²) in [5.74, 6) is -1.35. The molecule has 0 aliphatic heterocycles. The summed E-state index contributed by atoms with van der Waals surface area (Å²) in [4.78, 5) is 0. The summed E-state index contributed by atoms with van der Waals surface area (Å²) in [7, 11) is 1.33. The van der Waals surface area contributed by atoms with Crippen LogP contribution < -0.4 is 4.74 Å². The van der Waals surface area contributed by atoms with Gasteiger partial charge in [-0.1, -0.05) is 0 Å². The maximum Gasteiger partial charge on any atom is 0.194 e. The number of aromatic hydroxyl groups is 1. The van der Waals surface area contributed by atoms with Crippen LogP contribution in [-0.2, 0) is 0 Å². The van der Waals surface area contributed by atoms with E-state index in [-0.39, 0.29) is 11.3 Å². The molecular formula is C9H11FO3. The number of aliphatic hydroxyl groups excluding tert-OH is 1. The lowest BCUT2D eigenvalue weighted by Gasteiger charge is -2.09. The van der Waals surface area contributed by atoms with Crippen molar-refractivity contribution >= 4 is 0 Å². The van der Waals surface area contributed by atoms with Crippen LogP contribution in [0.25, 0.3) is 0 Å². The lowest BCUT2D eigenvalue weighted by Crippen LogP contribution is -1.97. The van der Waals surface area contributed by atoms with Crippen molar-refractivity contribution in [1.82, 2.24) is 0 Å². The van der Waals surface area contributed by atoms with Gasteiger partial charge in [0.2, 0.25) is 0 Å². The number of methoxy groups -OCH3 is 1. The molecule has 0 amide bonds. The fourth-order valence-electron chi connectivity index (χ4n) is 1.05. The molecule has 1 aromatic carbocycles. The summed E-state index contributed by atoms with van der Waals surface area (Å²) in [5.41, 5.74) is 0.0540. The molecule has 72 valence electrons. The molecule has 0 bridgehead atoms. The van der Waals surface area contributed by atoms with Crippen molar-refractivity contribution < 1.29 is 19.3 Å². The number of rotatable bonds is 2. The number of hydrogen-bond donors (Lipinski definition) is 2. The lowest BCUT2D eigenvalue weighted by molar-refractivity contribution is 0.192. The van der Waals surface area contributed by atoms with Crippen molar-refractivity contribution in [2.45, 2.75) is 13.0 Å². The van der Waals surface area contributed by atoms with Gasteiger partial charge in [-0.2, -0.15) is 0 Å². The van der Waals surface area contributed by atoms with E-state index in [1.54, 1.807) is 0 Å². The molecule has 0 saturated carbocycles. The number of halogens is 1. The van der Waals surface area contributed by atoms with Crippen LogP contribution in [0.1, 0.15) is 18.6 Å². The zero-order chi connectivity index (χ0) is 10.0. The van der Waals surface area contributed by atoms with E-state index in [0.717, 1.165) is 0 Å². The minimum absolute atomic E-state index is 0.0540. The van der Waals surface area contributed by atoms with Crippen molar-refractivity contribution in [3.8, 4) is 11.5 Å². The van der Waals surface area contributed by atoms with E-state index in [9.17, 15) is 9.50 Å². The van der Waals surface area contributed by atoms with Gasteiger partial charge in [-0.05, 0) is 19.1 Å². The Morgan fingerprint density at radius 1 is 1.46 bits per heavy atom. The number of phenolic OH excluding ortho intramolecular Hbond substituents is 1. The predicted molar refractivity (Wildman–Crippen MR) is 45.3 cm³/mol. The fourth-order valence-corrected chi connectivity index (χ4v) is 1.05. The summed E-state index contributed by atoms with van der Waals surface area (Å²) in [6.07, 6.45) is -0.947. The molecule has 0 heterocycles. The molecule has 0 fully saturated rings. The Balaban J connectivity index is 3.23. The SMILES string of the molecule is COc1ccc(C(C)O)c(F)c1O. The molecule has 0 aliphatic carbocycles. The van der Waals surface area contributed by atoms with Gasteiger partial charge >= 0.3 is 0 Å². The highest BCUT2D eigenvalue weighted by atomic mass is 19.1. The summed E-state index contributed by atoms with van der Waals surface area (Å²) in [6, 6.07) is 2.78. The molecule has 1 rings (SSSR count). The third-order valence-electron chi connectivity index (χ3n) is 1.78. The molecule has 0 aromatic heterocycles. The Bertz CT molecular complexity index is 310. The summed E-state index contributed by atoms with van der Waals surface area (Å²) >= 11 is 0. The Morgan fingerprint density at radius 3 is 2.54 bits per heavy atom. The Labute approximate surface area is 75.4 Å². The molecule has 2 N–H and O–H groups in total. The van der Waals surface area contributed by atoms with Crippen LogP contribution in [0.3, 0.4) is 0 Å². The van der Waals surface area contributed by atoms with Crippen LogP contribution in [0.15, 0.2) is 12.1 Å². The molecule has 1 atom stereocenters. The van der Waals surface area contributed by atoms with Gasteiger partial charge in [-0.3, -0.25) is 0 Å². The number of ether oxygens (including phenoxy) is 1. The highest BCUT2D eigenvalue weighted by molar-refractivity contribution is 5.43. The first-order valence-corrected chi connectivity index (χ1v) is 3.81.